The number of hydrogen-bond donors (Lipinski definition) is 0. The highest BCUT2D eigenvalue weighted by molar-refractivity contribution is 6.03. The van der Waals surface area contributed by atoms with Crippen LogP contribution in [-0.2, 0) is 5.41 Å². The Morgan fingerprint density at radius 1 is 0.410 bits per heavy atom. The summed E-state index contributed by atoms with van der Waals surface area (Å²) < 4.78 is 0. The summed E-state index contributed by atoms with van der Waals surface area (Å²) in [4.78, 5) is 2.46. The molecule has 0 N–H and O–H groups in total. The van der Waals surface area contributed by atoms with Gasteiger partial charge in [-0.25, -0.2) is 0 Å². The zero-order valence-corrected chi connectivity index (χ0v) is 34.8. The van der Waals surface area contributed by atoms with Crippen LogP contribution < -0.4 is 4.90 Å². The van der Waals surface area contributed by atoms with Gasteiger partial charge in [-0.15, -0.1) is 0 Å². The van der Waals surface area contributed by atoms with Crippen LogP contribution in [0.4, 0.5) is 17.1 Å². The lowest BCUT2D eigenvalue weighted by atomic mass is 9.74. The molecule has 0 bridgehead atoms. The average Bonchev–Trinajstić information content (AvgIpc) is 3.60. The Morgan fingerprint density at radius 3 is 1.67 bits per heavy atom. The van der Waals surface area contributed by atoms with Crippen LogP contribution in [-0.4, -0.2) is 0 Å². The zero-order chi connectivity index (χ0) is 40.8. The van der Waals surface area contributed by atoms with Gasteiger partial charge >= 0.3 is 0 Å². The van der Waals surface area contributed by atoms with Crippen molar-refractivity contribution in [2.45, 2.75) is 50.4 Å². The molecule has 0 aromatic heterocycles. The third kappa shape index (κ3) is 6.48. The van der Waals surface area contributed by atoms with Crippen LogP contribution in [0, 0.1) is 0 Å². The molecule has 1 fully saturated rings. The van der Waals surface area contributed by atoms with Gasteiger partial charge in [0.05, 0.1) is 5.69 Å². The second kappa shape index (κ2) is 15.6. The highest BCUT2D eigenvalue weighted by Gasteiger charge is 2.40. The molecule has 294 valence electrons. The first-order chi connectivity index (χ1) is 30.1. The van der Waals surface area contributed by atoms with Crippen LogP contribution in [0.2, 0.25) is 0 Å². The first kappa shape index (κ1) is 37.1. The van der Waals surface area contributed by atoms with Gasteiger partial charge in [-0.2, -0.15) is 0 Å². The summed E-state index contributed by atoms with van der Waals surface area (Å²) in [6.07, 6.45) is 6.51. The minimum absolute atomic E-state index is 0.242. The van der Waals surface area contributed by atoms with Gasteiger partial charge in [0.15, 0.2) is 0 Å². The van der Waals surface area contributed by atoms with E-state index in [1.807, 2.05) is 0 Å². The number of rotatable bonds is 8. The van der Waals surface area contributed by atoms with Crippen LogP contribution in [0.1, 0.15) is 67.2 Å². The van der Waals surface area contributed by atoms with E-state index in [2.05, 4.69) is 224 Å². The fourth-order valence-electron chi connectivity index (χ4n) is 10.7. The van der Waals surface area contributed by atoms with E-state index in [0.29, 0.717) is 5.92 Å². The lowest BCUT2D eigenvalue weighted by Crippen LogP contribution is -2.22. The molecule has 0 spiro atoms. The van der Waals surface area contributed by atoms with Gasteiger partial charge in [-0.3, -0.25) is 0 Å². The largest absolute Gasteiger partial charge is 0.310 e. The molecule has 9 aromatic rings. The summed E-state index contributed by atoms with van der Waals surface area (Å²) >= 11 is 0. The van der Waals surface area contributed by atoms with Crippen molar-refractivity contribution in [1.29, 1.82) is 0 Å². The summed E-state index contributed by atoms with van der Waals surface area (Å²) in [5, 5.41) is 2.72. The molecule has 0 amide bonds. The Hall–Kier alpha value is -6.96. The van der Waals surface area contributed by atoms with Crippen molar-refractivity contribution in [3.63, 3.8) is 0 Å². The molecule has 1 saturated carbocycles. The van der Waals surface area contributed by atoms with Gasteiger partial charge in [-0.1, -0.05) is 195 Å². The first-order valence-corrected chi connectivity index (χ1v) is 22.1. The van der Waals surface area contributed by atoms with Crippen molar-refractivity contribution in [2.75, 3.05) is 4.90 Å². The third-order valence-electron chi connectivity index (χ3n) is 13.8. The minimum Gasteiger partial charge on any atom is -0.310 e. The smallest absolute Gasteiger partial charge is 0.0540 e. The standard InChI is InChI=1S/C60H49N/c1-60(48-23-9-4-10-24-48)56-29-13-11-25-52(56)53-40-35-47(41-57(53)60)44-33-38-50(39-34-44)61(49-36-31-43(32-37-49)42-17-5-2-6-18-42)58-30-14-12-26-54(58)55-28-16-22-46-21-15-27-51(59(46)55)45-19-7-3-8-20-45/h2,4-6,9-18,21-41,45H,3,7-8,19-20H2,1H3. The van der Waals surface area contributed by atoms with Crippen LogP contribution >= 0.6 is 0 Å². The summed E-state index contributed by atoms with van der Waals surface area (Å²) in [5.74, 6) is 0.596. The Morgan fingerprint density at radius 2 is 0.951 bits per heavy atom. The van der Waals surface area contributed by atoms with E-state index >= 15 is 0 Å². The summed E-state index contributed by atoms with van der Waals surface area (Å²) in [5.41, 5.74) is 18.8. The minimum atomic E-state index is -0.242. The molecule has 1 heteroatoms. The predicted molar refractivity (Wildman–Crippen MR) is 258 cm³/mol. The van der Waals surface area contributed by atoms with E-state index in [-0.39, 0.29) is 5.41 Å². The molecule has 61 heavy (non-hydrogen) atoms. The molecule has 9 aromatic carbocycles. The second-order valence-electron chi connectivity index (χ2n) is 17.2. The van der Waals surface area contributed by atoms with Crippen molar-refractivity contribution in [1.82, 2.24) is 0 Å². The van der Waals surface area contributed by atoms with Crippen LogP contribution in [0.5, 0.6) is 0 Å². The number of nitrogens with zero attached hydrogens (tertiary/aromatic N) is 1. The SMILES string of the molecule is CC1(c2ccccc2)c2ccccc2-c2ccc(-c3ccc(N(c4ccc(-c5ccccc5)cc4)c4ccccc4-c4cccc5cccc(C6CCCCC6)c45)cc3)cc21. The van der Waals surface area contributed by atoms with Gasteiger partial charge in [0.25, 0.3) is 0 Å². The fraction of sp³-hybridized carbons (Fsp3) is 0.133. The number of para-hydroxylation sites is 1. The number of fused-ring (bicyclic) bond motifs is 4. The van der Waals surface area contributed by atoms with E-state index in [1.54, 1.807) is 0 Å². The maximum atomic E-state index is 2.46. The van der Waals surface area contributed by atoms with Gasteiger partial charge in [0, 0.05) is 22.4 Å². The van der Waals surface area contributed by atoms with Gasteiger partial charge in [0.2, 0.25) is 0 Å². The lowest BCUT2D eigenvalue weighted by Gasteiger charge is -2.29. The van der Waals surface area contributed by atoms with Crippen LogP contribution in [0.25, 0.3) is 55.3 Å². The zero-order valence-electron chi connectivity index (χ0n) is 34.8. The molecule has 2 aliphatic rings. The second-order valence-corrected chi connectivity index (χ2v) is 17.2. The predicted octanol–water partition coefficient (Wildman–Crippen LogP) is 16.7. The van der Waals surface area contributed by atoms with Crippen LogP contribution in [0.3, 0.4) is 0 Å². The molecule has 0 aliphatic heterocycles. The van der Waals surface area contributed by atoms with E-state index in [1.165, 1.54) is 115 Å². The Kier molecular flexibility index (Phi) is 9.46. The summed E-state index contributed by atoms with van der Waals surface area (Å²) in [6.45, 7) is 2.40. The van der Waals surface area contributed by atoms with Gasteiger partial charge < -0.3 is 4.90 Å². The molecule has 1 unspecified atom stereocenters. The maximum Gasteiger partial charge on any atom is 0.0540 e. The van der Waals surface area contributed by atoms with Gasteiger partial charge in [-0.05, 0) is 134 Å². The lowest BCUT2D eigenvalue weighted by molar-refractivity contribution is 0.445. The van der Waals surface area contributed by atoms with Crippen molar-refractivity contribution >= 4 is 27.8 Å². The molecule has 2 aliphatic carbocycles. The number of hydrogen-bond acceptors (Lipinski definition) is 1. The van der Waals surface area contributed by atoms with E-state index in [9.17, 15) is 0 Å². The molecule has 11 rings (SSSR count). The molecular formula is C60H49N. The molecular weight excluding hydrogens is 735 g/mol. The Bertz CT molecular complexity index is 2990. The average molecular weight is 784 g/mol. The van der Waals surface area contributed by atoms with Crippen molar-refractivity contribution < 1.29 is 0 Å². The molecule has 0 saturated heterocycles. The monoisotopic (exact) mass is 783 g/mol. The first-order valence-electron chi connectivity index (χ1n) is 22.1. The number of anilines is 3. The molecule has 1 nitrogen and oxygen atoms in total. The topological polar surface area (TPSA) is 3.24 Å². The van der Waals surface area contributed by atoms with Crippen molar-refractivity contribution in [2.24, 2.45) is 0 Å². The maximum absolute atomic E-state index is 2.46. The normalized spacial score (nSPS) is 16.0. The van der Waals surface area contributed by atoms with Gasteiger partial charge in [0.1, 0.15) is 0 Å². The van der Waals surface area contributed by atoms with Crippen molar-refractivity contribution in [3.05, 3.63) is 235 Å². The summed E-state index contributed by atoms with van der Waals surface area (Å²) in [6, 6.07) is 78.9. The quantitative estimate of drug-likeness (QED) is 0.148. The Labute approximate surface area is 360 Å². The highest BCUT2D eigenvalue weighted by Crippen LogP contribution is 2.53. The molecule has 0 radical (unpaired) electrons. The Balaban J connectivity index is 1.04. The molecule has 1 atom stereocenters. The van der Waals surface area contributed by atoms with Crippen molar-refractivity contribution in [3.8, 4) is 44.5 Å². The van der Waals surface area contributed by atoms with E-state index in [0.717, 1.165) is 11.4 Å². The third-order valence-corrected chi connectivity index (χ3v) is 13.8. The van der Waals surface area contributed by atoms with Crippen LogP contribution in [0.15, 0.2) is 212 Å². The number of benzene rings is 9. The highest BCUT2D eigenvalue weighted by atomic mass is 15.1. The van der Waals surface area contributed by atoms with E-state index < -0.39 is 0 Å². The molecule has 0 heterocycles. The van der Waals surface area contributed by atoms with E-state index in [4.69, 9.17) is 0 Å². The summed E-state index contributed by atoms with van der Waals surface area (Å²) in [7, 11) is 0. The fourth-order valence-corrected chi connectivity index (χ4v) is 10.7.